The van der Waals surface area contributed by atoms with Gasteiger partial charge in [0.2, 0.25) is 5.89 Å². The number of hydrogen-bond donors (Lipinski definition) is 0. The number of hydrogen-bond acceptors (Lipinski definition) is 5. The van der Waals surface area contributed by atoms with E-state index in [2.05, 4.69) is 10.1 Å². The predicted octanol–water partition coefficient (Wildman–Crippen LogP) is 1.74. The van der Waals surface area contributed by atoms with Gasteiger partial charge >= 0.3 is 0 Å². The van der Waals surface area contributed by atoms with Crippen LogP contribution in [-0.4, -0.2) is 18.6 Å². The highest BCUT2D eigenvalue weighted by Gasteiger charge is 2.19. The van der Waals surface area contributed by atoms with Crippen molar-refractivity contribution in [2.24, 2.45) is 0 Å². The van der Waals surface area contributed by atoms with Gasteiger partial charge < -0.3 is 4.52 Å². The molecule has 0 aliphatic rings. The van der Waals surface area contributed by atoms with E-state index in [9.17, 15) is 12.8 Å². The van der Waals surface area contributed by atoms with Gasteiger partial charge in [0.05, 0.1) is 4.90 Å². The Bertz CT molecular complexity index is 635. The van der Waals surface area contributed by atoms with E-state index in [-0.39, 0.29) is 16.5 Å². The molecule has 0 saturated carbocycles. The zero-order valence-electron chi connectivity index (χ0n) is 9.63. The van der Waals surface area contributed by atoms with E-state index in [4.69, 9.17) is 4.52 Å². The average molecular weight is 270 g/mol. The molecule has 0 aliphatic heterocycles. The summed E-state index contributed by atoms with van der Waals surface area (Å²) in [6.45, 7) is 1.84. The monoisotopic (exact) mass is 270 g/mol. The van der Waals surface area contributed by atoms with Crippen molar-refractivity contribution in [1.82, 2.24) is 10.1 Å². The molecule has 18 heavy (non-hydrogen) atoms. The Kier molecular flexibility index (Phi) is 3.42. The molecule has 0 aliphatic carbocycles. The van der Waals surface area contributed by atoms with Crippen molar-refractivity contribution >= 4 is 9.84 Å². The van der Waals surface area contributed by atoms with Crippen molar-refractivity contribution in [2.75, 3.05) is 0 Å². The lowest BCUT2D eigenvalue weighted by molar-refractivity contribution is 0.383. The lowest BCUT2D eigenvalue weighted by Crippen LogP contribution is -2.05. The molecule has 1 heterocycles. The van der Waals surface area contributed by atoms with Gasteiger partial charge in [0, 0.05) is 6.42 Å². The van der Waals surface area contributed by atoms with Crippen molar-refractivity contribution in [3.05, 3.63) is 41.8 Å². The second kappa shape index (κ2) is 4.85. The molecule has 0 atom stereocenters. The molecule has 0 spiro atoms. The first-order valence-corrected chi connectivity index (χ1v) is 6.96. The highest BCUT2D eigenvalue weighted by atomic mass is 32.2. The lowest BCUT2D eigenvalue weighted by atomic mass is 10.4. The second-order valence-corrected chi connectivity index (χ2v) is 5.66. The summed E-state index contributed by atoms with van der Waals surface area (Å²) in [5, 5.41) is 3.62. The number of aryl methyl sites for hydroxylation is 1. The standard InChI is InChI=1S/C11H11FN2O3S/c1-2-10-13-11(17-14-10)7-18(15,16)9-5-3-8(12)4-6-9/h3-6H,2,7H2,1H3. The molecule has 1 aromatic carbocycles. The van der Waals surface area contributed by atoms with E-state index in [0.717, 1.165) is 12.1 Å². The number of nitrogens with zero attached hydrogens (tertiary/aromatic N) is 2. The van der Waals surface area contributed by atoms with Gasteiger partial charge in [-0.2, -0.15) is 4.98 Å². The van der Waals surface area contributed by atoms with Crippen LogP contribution >= 0.6 is 0 Å². The number of benzene rings is 1. The maximum atomic E-state index is 12.7. The Morgan fingerprint density at radius 1 is 1.28 bits per heavy atom. The Hall–Kier alpha value is -1.76. The van der Waals surface area contributed by atoms with Crippen molar-refractivity contribution in [3.8, 4) is 0 Å². The first kappa shape index (κ1) is 12.7. The maximum Gasteiger partial charge on any atom is 0.242 e. The molecule has 0 amide bonds. The topological polar surface area (TPSA) is 73.1 Å². The molecular weight excluding hydrogens is 259 g/mol. The highest BCUT2D eigenvalue weighted by Crippen LogP contribution is 2.16. The largest absolute Gasteiger partial charge is 0.338 e. The maximum absolute atomic E-state index is 12.7. The zero-order valence-corrected chi connectivity index (χ0v) is 10.4. The van der Waals surface area contributed by atoms with Crippen LogP contribution in [0.4, 0.5) is 4.39 Å². The fourth-order valence-corrected chi connectivity index (χ4v) is 2.54. The molecule has 0 unspecified atom stereocenters. The summed E-state index contributed by atoms with van der Waals surface area (Å²) in [5.74, 6) is -0.374. The van der Waals surface area contributed by atoms with Crippen LogP contribution in [0.3, 0.4) is 0 Å². The SMILES string of the molecule is CCc1noc(CS(=O)(=O)c2ccc(F)cc2)n1. The smallest absolute Gasteiger partial charge is 0.242 e. The van der Waals surface area contributed by atoms with Gasteiger partial charge in [-0.1, -0.05) is 12.1 Å². The first-order chi connectivity index (χ1) is 8.51. The predicted molar refractivity (Wildman–Crippen MR) is 61.0 cm³/mol. The third kappa shape index (κ3) is 2.73. The molecule has 2 rings (SSSR count). The highest BCUT2D eigenvalue weighted by molar-refractivity contribution is 7.90. The molecule has 2 aromatic rings. The first-order valence-electron chi connectivity index (χ1n) is 5.31. The minimum absolute atomic E-state index is 0.0279. The summed E-state index contributed by atoms with van der Waals surface area (Å²) in [4.78, 5) is 3.95. The number of halogens is 1. The molecule has 0 fully saturated rings. The van der Waals surface area contributed by atoms with Crippen LogP contribution in [0.15, 0.2) is 33.7 Å². The summed E-state index contributed by atoms with van der Waals surface area (Å²) in [6, 6.07) is 4.61. The number of aromatic nitrogens is 2. The summed E-state index contributed by atoms with van der Waals surface area (Å²) in [5.41, 5.74) is 0. The number of sulfone groups is 1. The minimum atomic E-state index is -3.59. The molecule has 5 nitrogen and oxygen atoms in total. The average Bonchev–Trinajstić information content (AvgIpc) is 2.76. The van der Waals surface area contributed by atoms with Crippen LogP contribution < -0.4 is 0 Å². The van der Waals surface area contributed by atoms with Gasteiger partial charge in [-0.15, -0.1) is 0 Å². The van der Waals surface area contributed by atoms with E-state index in [1.807, 2.05) is 6.92 Å². The van der Waals surface area contributed by atoms with Crippen LogP contribution in [-0.2, 0) is 22.0 Å². The van der Waals surface area contributed by atoms with Crippen LogP contribution in [0.2, 0.25) is 0 Å². The Morgan fingerprint density at radius 2 is 1.94 bits per heavy atom. The molecule has 96 valence electrons. The summed E-state index contributed by atoms with van der Waals surface area (Å²) >= 11 is 0. The fourth-order valence-electron chi connectivity index (χ4n) is 1.38. The summed E-state index contributed by atoms with van der Waals surface area (Å²) in [6.07, 6.45) is 0.570. The van der Waals surface area contributed by atoms with Crippen LogP contribution in [0, 0.1) is 5.82 Å². The van der Waals surface area contributed by atoms with Gasteiger partial charge in [0.15, 0.2) is 15.7 Å². The lowest BCUT2D eigenvalue weighted by Gasteiger charge is -2.00. The second-order valence-electron chi connectivity index (χ2n) is 3.67. The molecular formula is C11H11FN2O3S. The van der Waals surface area contributed by atoms with Crippen LogP contribution in [0.1, 0.15) is 18.6 Å². The summed E-state index contributed by atoms with van der Waals surface area (Å²) in [7, 11) is -3.59. The molecule has 0 bridgehead atoms. The third-order valence-corrected chi connectivity index (χ3v) is 3.93. The van der Waals surface area contributed by atoms with E-state index in [0.29, 0.717) is 12.2 Å². The molecule has 0 radical (unpaired) electrons. The summed E-state index contributed by atoms with van der Waals surface area (Å²) < 4.78 is 41.5. The molecule has 0 N–H and O–H groups in total. The molecule has 0 saturated heterocycles. The van der Waals surface area contributed by atoms with Crippen molar-refractivity contribution in [1.29, 1.82) is 0 Å². The van der Waals surface area contributed by atoms with E-state index in [1.54, 1.807) is 0 Å². The Morgan fingerprint density at radius 3 is 2.50 bits per heavy atom. The van der Waals surface area contributed by atoms with E-state index in [1.165, 1.54) is 12.1 Å². The van der Waals surface area contributed by atoms with Crippen LogP contribution in [0.25, 0.3) is 0 Å². The van der Waals surface area contributed by atoms with E-state index < -0.39 is 15.7 Å². The molecule has 1 aromatic heterocycles. The quantitative estimate of drug-likeness (QED) is 0.791. The van der Waals surface area contributed by atoms with Gasteiger partial charge in [-0.05, 0) is 24.3 Å². The zero-order chi connectivity index (χ0) is 13.2. The number of rotatable bonds is 4. The van der Waals surface area contributed by atoms with Crippen LogP contribution in [0.5, 0.6) is 0 Å². The normalized spacial score (nSPS) is 11.7. The van der Waals surface area contributed by atoms with Gasteiger partial charge in [-0.25, -0.2) is 12.8 Å². The Labute approximate surface area is 104 Å². The third-order valence-electron chi connectivity index (χ3n) is 2.31. The van der Waals surface area contributed by atoms with Crippen molar-refractivity contribution in [2.45, 2.75) is 24.0 Å². The van der Waals surface area contributed by atoms with Crippen molar-refractivity contribution < 1.29 is 17.3 Å². The Balaban J connectivity index is 2.24. The fraction of sp³-hybridized carbons (Fsp3) is 0.273. The van der Waals surface area contributed by atoms with Gasteiger partial charge in [0.25, 0.3) is 0 Å². The van der Waals surface area contributed by atoms with Gasteiger partial charge in [0.1, 0.15) is 11.6 Å². The molecule has 7 heteroatoms. The minimum Gasteiger partial charge on any atom is -0.338 e. The van der Waals surface area contributed by atoms with Crippen molar-refractivity contribution in [3.63, 3.8) is 0 Å². The van der Waals surface area contributed by atoms with Gasteiger partial charge in [-0.3, -0.25) is 0 Å². The van der Waals surface area contributed by atoms with E-state index >= 15 is 0 Å².